The predicted octanol–water partition coefficient (Wildman–Crippen LogP) is 3.75. The molecule has 0 saturated heterocycles. The predicted molar refractivity (Wildman–Crippen MR) is 83.6 cm³/mol. The van der Waals surface area contributed by atoms with Gasteiger partial charge in [0.2, 0.25) is 0 Å². The summed E-state index contributed by atoms with van der Waals surface area (Å²) >= 11 is 1.52. The zero-order chi connectivity index (χ0) is 15.0. The number of thiazole rings is 1. The summed E-state index contributed by atoms with van der Waals surface area (Å²) in [7, 11) is 0. The van der Waals surface area contributed by atoms with Crippen LogP contribution in [0.2, 0.25) is 0 Å². The summed E-state index contributed by atoms with van der Waals surface area (Å²) in [6, 6.07) is 9.10. The average Bonchev–Trinajstić information content (AvgIpc) is 2.79. The molecule has 1 aromatic carbocycles. The van der Waals surface area contributed by atoms with Crippen molar-refractivity contribution in [3.8, 4) is 0 Å². The van der Waals surface area contributed by atoms with E-state index in [0.29, 0.717) is 16.6 Å². The fourth-order valence-corrected chi connectivity index (χ4v) is 3.02. The highest BCUT2D eigenvalue weighted by Gasteiger charge is 2.09. The van der Waals surface area contributed by atoms with Gasteiger partial charge >= 0.3 is 5.97 Å². The molecule has 0 unspecified atom stereocenters. The number of pyridine rings is 1. The average molecular weight is 299 g/mol. The Balaban J connectivity index is 1.96. The Bertz CT molecular complexity index is 842. The highest BCUT2D eigenvalue weighted by Crippen LogP contribution is 2.28. The van der Waals surface area contributed by atoms with Crippen LogP contribution in [0.3, 0.4) is 0 Å². The van der Waals surface area contributed by atoms with Gasteiger partial charge in [0.05, 0.1) is 15.8 Å². The molecule has 0 aliphatic carbocycles. The lowest BCUT2D eigenvalue weighted by molar-refractivity contribution is 0.0696. The Labute approximate surface area is 125 Å². The number of hydrogen-bond acceptors (Lipinski definition) is 5. The number of carbonyl (C=O) groups is 1. The van der Waals surface area contributed by atoms with Crippen molar-refractivity contribution in [3.05, 3.63) is 47.2 Å². The first kappa shape index (κ1) is 13.5. The molecule has 0 aliphatic rings. The van der Waals surface area contributed by atoms with Crippen LogP contribution < -0.4 is 5.32 Å². The van der Waals surface area contributed by atoms with E-state index in [1.165, 1.54) is 29.0 Å². The Morgan fingerprint density at radius 3 is 2.76 bits per heavy atom. The number of aromatic carboxylic acids is 1. The van der Waals surface area contributed by atoms with E-state index in [0.717, 1.165) is 10.2 Å². The van der Waals surface area contributed by atoms with E-state index in [1.807, 2.05) is 19.1 Å². The van der Waals surface area contributed by atoms with E-state index in [4.69, 9.17) is 5.11 Å². The van der Waals surface area contributed by atoms with Gasteiger partial charge < -0.3 is 10.4 Å². The quantitative estimate of drug-likeness (QED) is 0.770. The number of carboxylic acid groups (broad SMARTS) is 1. The van der Waals surface area contributed by atoms with E-state index in [9.17, 15) is 4.79 Å². The maximum atomic E-state index is 11.1. The largest absolute Gasteiger partial charge is 0.478 e. The molecule has 2 aromatic heterocycles. The lowest BCUT2D eigenvalue weighted by Gasteiger charge is -2.04. The summed E-state index contributed by atoms with van der Waals surface area (Å²) < 4.78 is 1.09. The summed E-state index contributed by atoms with van der Waals surface area (Å²) in [6.45, 7) is 3.80. The number of carboxylic acids is 1. The van der Waals surface area contributed by atoms with E-state index < -0.39 is 5.97 Å². The van der Waals surface area contributed by atoms with Gasteiger partial charge in [0.15, 0.2) is 5.13 Å². The molecular weight excluding hydrogens is 286 g/mol. The van der Waals surface area contributed by atoms with Crippen LogP contribution in [0.5, 0.6) is 0 Å². The van der Waals surface area contributed by atoms with Crippen LogP contribution in [-0.4, -0.2) is 21.0 Å². The third-order valence-corrected chi connectivity index (χ3v) is 3.91. The minimum absolute atomic E-state index is 0.210. The normalized spacial score (nSPS) is 10.8. The zero-order valence-electron chi connectivity index (χ0n) is 11.5. The summed E-state index contributed by atoms with van der Waals surface area (Å²) in [5.41, 5.74) is 2.95. The molecule has 0 bridgehead atoms. The Hall–Kier alpha value is -2.47. The highest BCUT2D eigenvalue weighted by molar-refractivity contribution is 7.22. The van der Waals surface area contributed by atoms with E-state index in [2.05, 4.69) is 21.4 Å². The van der Waals surface area contributed by atoms with Crippen LogP contribution in [0.1, 0.15) is 21.6 Å². The molecule has 0 spiro atoms. The van der Waals surface area contributed by atoms with Crippen molar-refractivity contribution < 1.29 is 9.90 Å². The van der Waals surface area contributed by atoms with Crippen LogP contribution in [0.15, 0.2) is 30.3 Å². The molecule has 2 N–H and O–H groups in total. The summed E-state index contributed by atoms with van der Waals surface area (Å²) in [5, 5.41) is 12.9. The van der Waals surface area contributed by atoms with Crippen LogP contribution in [0.4, 0.5) is 10.9 Å². The molecule has 3 rings (SSSR count). The lowest BCUT2D eigenvalue weighted by Crippen LogP contribution is -2.01. The van der Waals surface area contributed by atoms with Gasteiger partial charge in [0, 0.05) is 5.69 Å². The van der Waals surface area contributed by atoms with Crippen molar-refractivity contribution >= 4 is 38.5 Å². The molecular formula is C15H13N3O2S. The minimum atomic E-state index is -0.969. The number of aryl methyl sites for hydroxylation is 2. The molecule has 5 nitrogen and oxygen atoms in total. The third kappa shape index (κ3) is 2.85. The molecule has 0 fully saturated rings. The Kier molecular flexibility index (Phi) is 3.31. The van der Waals surface area contributed by atoms with Gasteiger partial charge in [-0.2, -0.15) is 0 Å². The molecule has 0 amide bonds. The number of benzene rings is 1. The van der Waals surface area contributed by atoms with E-state index in [1.54, 1.807) is 6.92 Å². The number of anilines is 2. The first-order valence-corrected chi connectivity index (χ1v) is 7.19. The van der Waals surface area contributed by atoms with Crippen LogP contribution >= 0.6 is 11.3 Å². The van der Waals surface area contributed by atoms with Gasteiger partial charge in [-0.1, -0.05) is 17.4 Å². The van der Waals surface area contributed by atoms with E-state index >= 15 is 0 Å². The first-order valence-electron chi connectivity index (χ1n) is 6.37. The minimum Gasteiger partial charge on any atom is -0.478 e. The third-order valence-electron chi connectivity index (χ3n) is 2.98. The maximum Gasteiger partial charge on any atom is 0.335 e. The number of fused-ring (bicyclic) bond motifs is 1. The zero-order valence-corrected chi connectivity index (χ0v) is 12.4. The van der Waals surface area contributed by atoms with Crippen LogP contribution in [-0.2, 0) is 0 Å². The number of nitrogens with zero attached hydrogens (tertiary/aromatic N) is 2. The molecule has 0 atom stereocenters. The topological polar surface area (TPSA) is 75.1 Å². The van der Waals surface area contributed by atoms with Gasteiger partial charge in [0.1, 0.15) is 5.82 Å². The highest BCUT2D eigenvalue weighted by atomic mass is 32.1. The van der Waals surface area contributed by atoms with Gasteiger partial charge in [-0.15, -0.1) is 0 Å². The molecule has 0 radical (unpaired) electrons. The monoisotopic (exact) mass is 299 g/mol. The van der Waals surface area contributed by atoms with Gasteiger partial charge in [-0.05, 0) is 43.7 Å². The molecule has 2 heterocycles. The smallest absolute Gasteiger partial charge is 0.335 e. The second-order valence-electron chi connectivity index (χ2n) is 4.80. The number of rotatable bonds is 3. The lowest BCUT2D eigenvalue weighted by atomic mass is 10.2. The summed E-state index contributed by atoms with van der Waals surface area (Å²) in [4.78, 5) is 19.8. The van der Waals surface area contributed by atoms with Gasteiger partial charge in [0.25, 0.3) is 0 Å². The molecule has 0 saturated carbocycles. The molecule has 3 aromatic rings. The van der Waals surface area contributed by atoms with Crippen LogP contribution in [0.25, 0.3) is 10.2 Å². The molecule has 6 heteroatoms. The Morgan fingerprint density at radius 1 is 1.19 bits per heavy atom. The molecule has 21 heavy (non-hydrogen) atoms. The standard InChI is InChI=1S/C15H13N3O2S/c1-8-3-4-11-12(5-8)21-15(17-11)18-13-7-10(14(19)20)6-9(2)16-13/h3-7H,1-2H3,(H,19,20)(H,16,17,18). The maximum absolute atomic E-state index is 11.1. The molecule has 0 aliphatic heterocycles. The van der Waals surface area contributed by atoms with Gasteiger partial charge in [-0.25, -0.2) is 14.8 Å². The Morgan fingerprint density at radius 2 is 2.00 bits per heavy atom. The van der Waals surface area contributed by atoms with Crippen molar-refractivity contribution in [1.82, 2.24) is 9.97 Å². The van der Waals surface area contributed by atoms with Crippen molar-refractivity contribution in [2.45, 2.75) is 13.8 Å². The molecule has 106 valence electrons. The fraction of sp³-hybridized carbons (Fsp3) is 0.133. The van der Waals surface area contributed by atoms with Crippen molar-refractivity contribution in [1.29, 1.82) is 0 Å². The SMILES string of the molecule is Cc1ccc2nc(Nc3cc(C(=O)O)cc(C)n3)sc2c1. The summed E-state index contributed by atoms with van der Waals surface area (Å²) in [5.74, 6) is -0.480. The van der Waals surface area contributed by atoms with Crippen LogP contribution in [0, 0.1) is 13.8 Å². The van der Waals surface area contributed by atoms with Crippen molar-refractivity contribution in [2.75, 3.05) is 5.32 Å². The second-order valence-corrected chi connectivity index (χ2v) is 5.83. The van der Waals surface area contributed by atoms with Crippen molar-refractivity contribution in [2.24, 2.45) is 0 Å². The number of aromatic nitrogens is 2. The second kappa shape index (κ2) is 5.14. The number of hydrogen-bond donors (Lipinski definition) is 2. The van der Waals surface area contributed by atoms with E-state index in [-0.39, 0.29) is 5.56 Å². The number of nitrogens with one attached hydrogen (secondary N) is 1. The fourth-order valence-electron chi connectivity index (χ4n) is 2.05. The van der Waals surface area contributed by atoms with Gasteiger partial charge in [-0.3, -0.25) is 0 Å². The first-order chi connectivity index (χ1) is 10.0. The van der Waals surface area contributed by atoms with Crippen molar-refractivity contribution in [3.63, 3.8) is 0 Å². The summed E-state index contributed by atoms with van der Waals surface area (Å²) in [6.07, 6.45) is 0.